The molecule has 2 aromatic carbocycles. The highest BCUT2D eigenvalue weighted by Gasteiger charge is 2.27. The van der Waals surface area contributed by atoms with Gasteiger partial charge in [0, 0.05) is 20.5 Å². The molecule has 1 aliphatic carbocycles. The van der Waals surface area contributed by atoms with Crippen LogP contribution in [0.15, 0.2) is 47.6 Å². The summed E-state index contributed by atoms with van der Waals surface area (Å²) >= 11 is 13.4. The van der Waals surface area contributed by atoms with Gasteiger partial charge in [0.25, 0.3) is 0 Å². The Labute approximate surface area is 240 Å². The van der Waals surface area contributed by atoms with Crippen molar-refractivity contribution >= 4 is 63.5 Å². The van der Waals surface area contributed by atoms with E-state index in [1.807, 2.05) is 0 Å². The van der Waals surface area contributed by atoms with Crippen molar-refractivity contribution < 1.29 is 23.9 Å². The molecule has 1 aliphatic rings. The normalized spacial score (nSPS) is 12.9. The molecule has 2 N–H and O–H groups in total. The second kappa shape index (κ2) is 13.6. The largest absolute Gasteiger partial charge is 0.489 e. The molecule has 3 aromatic rings. The first kappa shape index (κ1) is 28.6. The van der Waals surface area contributed by atoms with Crippen molar-refractivity contribution in [2.45, 2.75) is 45.6 Å². The third-order valence-corrected chi connectivity index (χ3v) is 7.80. The molecule has 11 heteroatoms. The number of carbonyl (C=O) groups excluding carboxylic acids is 3. The van der Waals surface area contributed by atoms with Gasteiger partial charge in [0.15, 0.2) is 0 Å². The fourth-order valence-electron chi connectivity index (χ4n) is 4.08. The Hall–Kier alpha value is -3.40. The molecular weight excluding hydrogens is 561 g/mol. The highest BCUT2D eigenvalue weighted by molar-refractivity contribution is 7.17. The van der Waals surface area contributed by atoms with Crippen LogP contribution in [0.4, 0.5) is 5.00 Å². The molecule has 4 rings (SSSR count). The molecule has 1 aromatic heterocycles. The first-order valence-corrected chi connectivity index (χ1v) is 14.1. The fraction of sp³-hybridized carbons (Fsp3) is 0.286. The maximum atomic E-state index is 12.6. The van der Waals surface area contributed by atoms with Crippen molar-refractivity contribution in [3.63, 3.8) is 0 Å². The van der Waals surface area contributed by atoms with Gasteiger partial charge in [0.2, 0.25) is 0 Å². The van der Waals surface area contributed by atoms with Gasteiger partial charge in [0.1, 0.15) is 17.4 Å². The number of hydrazone groups is 1. The van der Waals surface area contributed by atoms with Gasteiger partial charge in [-0.3, -0.25) is 9.59 Å². The standard InChI is InChI=1S/C28H27Cl2N3O5S/c1-2-37-28(36)24-21-6-4-3-5-7-23(21)39-27(24)32-25(34)26(35)33-31-15-17-8-12-20(13-9-17)38-16-18-10-11-19(29)14-22(18)30/h8-15H,2-7,16H2,1H3,(H,32,34)(H,33,35)/b31-15+. The van der Waals surface area contributed by atoms with Crippen LogP contribution < -0.4 is 15.5 Å². The summed E-state index contributed by atoms with van der Waals surface area (Å²) < 4.78 is 11.0. The van der Waals surface area contributed by atoms with Crippen LogP contribution in [-0.2, 0) is 33.8 Å². The highest BCUT2D eigenvalue weighted by Crippen LogP contribution is 2.38. The lowest BCUT2D eigenvalue weighted by Gasteiger charge is -2.08. The molecule has 2 amide bonds. The van der Waals surface area contributed by atoms with Gasteiger partial charge in [-0.25, -0.2) is 10.2 Å². The van der Waals surface area contributed by atoms with Gasteiger partial charge < -0.3 is 14.8 Å². The molecule has 0 radical (unpaired) electrons. The summed E-state index contributed by atoms with van der Waals surface area (Å²) in [4.78, 5) is 38.6. The molecule has 0 spiro atoms. The Morgan fingerprint density at radius 3 is 2.54 bits per heavy atom. The number of hydrogen-bond donors (Lipinski definition) is 2. The molecule has 0 atom stereocenters. The number of rotatable bonds is 8. The minimum Gasteiger partial charge on any atom is -0.489 e. The number of esters is 1. The SMILES string of the molecule is CCOC(=O)c1c(NC(=O)C(=O)N/N=C/c2ccc(OCc3ccc(Cl)cc3Cl)cc2)sc2c1CCCCC2. The number of benzene rings is 2. The number of hydrogen-bond acceptors (Lipinski definition) is 7. The van der Waals surface area contributed by atoms with Gasteiger partial charge in [-0.2, -0.15) is 5.10 Å². The van der Waals surface area contributed by atoms with Crippen molar-refractivity contribution in [3.05, 3.63) is 79.6 Å². The molecule has 0 saturated heterocycles. The van der Waals surface area contributed by atoms with E-state index in [-0.39, 0.29) is 13.2 Å². The minimum atomic E-state index is -0.954. The summed E-state index contributed by atoms with van der Waals surface area (Å²) in [7, 11) is 0. The highest BCUT2D eigenvalue weighted by atomic mass is 35.5. The Bertz CT molecular complexity index is 1390. The van der Waals surface area contributed by atoms with E-state index in [0.29, 0.717) is 31.9 Å². The predicted molar refractivity (Wildman–Crippen MR) is 153 cm³/mol. The second-order valence-electron chi connectivity index (χ2n) is 8.74. The zero-order chi connectivity index (χ0) is 27.8. The molecule has 1 heterocycles. The van der Waals surface area contributed by atoms with E-state index in [1.54, 1.807) is 49.4 Å². The Morgan fingerprint density at radius 2 is 1.79 bits per heavy atom. The number of ether oxygens (including phenoxy) is 2. The Morgan fingerprint density at radius 1 is 1.03 bits per heavy atom. The first-order valence-electron chi connectivity index (χ1n) is 12.5. The third-order valence-electron chi connectivity index (χ3n) is 6.00. The lowest BCUT2D eigenvalue weighted by molar-refractivity contribution is -0.136. The number of halogens is 2. The van der Waals surface area contributed by atoms with Crippen LogP contribution in [0.3, 0.4) is 0 Å². The number of amides is 2. The molecule has 204 valence electrons. The molecule has 0 fully saturated rings. The number of nitrogens with zero attached hydrogens (tertiary/aromatic N) is 1. The van der Waals surface area contributed by atoms with E-state index in [9.17, 15) is 14.4 Å². The molecular formula is C28H27Cl2N3O5S. The number of thiophene rings is 1. The monoisotopic (exact) mass is 587 g/mol. The summed E-state index contributed by atoms with van der Waals surface area (Å²) in [5.41, 5.74) is 4.97. The molecule has 8 nitrogen and oxygen atoms in total. The van der Waals surface area contributed by atoms with Crippen molar-refractivity contribution in [3.8, 4) is 5.75 Å². The average Bonchev–Trinajstić information content (AvgIpc) is 3.09. The molecule has 39 heavy (non-hydrogen) atoms. The second-order valence-corrected chi connectivity index (χ2v) is 10.7. The van der Waals surface area contributed by atoms with E-state index in [2.05, 4.69) is 15.8 Å². The summed E-state index contributed by atoms with van der Waals surface area (Å²) in [6.07, 6.45) is 6.04. The van der Waals surface area contributed by atoms with Gasteiger partial charge in [-0.1, -0.05) is 35.7 Å². The zero-order valence-corrected chi connectivity index (χ0v) is 23.5. The lowest BCUT2D eigenvalue weighted by atomic mass is 10.1. The number of fused-ring (bicyclic) bond motifs is 1. The van der Waals surface area contributed by atoms with Crippen molar-refractivity contribution in [1.29, 1.82) is 0 Å². The Kier molecular flexibility index (Phi) is 9.97. The zero-order valence-electron chi connectivity index (χ0n) is 21.2. The van der Waals surface area contributed by atoms with Gasteiger partial charge >= 0.3 is 17.8 Å². The number of nitrogens with one attached hydrogen (secondary N) is 2. The van der Waals surface area contributed by atoms with Crippen LogP contribution in [0.1, 0.15) is 58.1 Å². The van der Waals surface area contributed by atoms with Gasteiger partial charge in [-0.05, 0) is 80.1 Å². The Balaban J connectivity index is 1.33. The first-order chi connectivity index (χ1) is 18.9. The predicted octanol–water partition coefficient (Wildman–Crippen LogP) is 6.17. The number of carbonyl (C=O) groups is 3. The molecule has 0 bridgehead atoms. The van der Waals surface area contributed by atoms with Crippen LogP contribution in [0.2, 0.25) is 10.0 Å². The van der Waals surface area contributed by atoms with Gasteiger partial charge in [-0.15, -0.1) is 11.3 Å². The summed E-state index contributed by atoms with van der Waals surface area (Å²) in [5.74, 6) is -1.74. The van der Waals surface area contributed by atoms with Crippen molar-refractivity contribution in [2.24, 2.45) is 5.10 Å². The van der Waals surface area contributed by atoms with Gasteiger partial charge in [0.05, 0.1) is 18.4 Å². The minimum absolute atomic E-state index is 0.218. The topological polar surface area (TPSA) is 106 Å². The maximum Gasteiger partial charge on any atom is 0.341 e. The van der Waals surface area contributed by atoms with Crippen LogP contribution in [0.5, 0.6) is 5.75 Å². The van der Waals surface area contributed by atoms with E-state index in [1.165, 1.54) is 17.6 Å². The van der Waals surface area contributed by atoms with E-state index in [4.69, 9.17) is 32.7 Å². The average molecular weight is 589 g/mol. The molecule has 0 saturated carbocycles. The summed E-state index contributed by atoms with van der Waals surface area (Å²) in [6.45, 7) is 2.22. The van der Waals surface area contributed by atoms with E-state index < -0.39 is 17.8 Å². The summed E-state index contributed by atoms with van der Waals surface area (Å²) in [6, 6.07) is 12.2. The third kappa shape index (κ3) is 7.59. The number of aryl methyl sites for hydroxylation is 1. The summed E-state index contributed by atoms with van der Waals surface area (Å²) in [5, 5.41) is 7.86. The maximum absolute atomic E-state index is 12.6. The van der Waals surface area contributed by atoms with Crippen LogP contribution >= 0.6 is 34.5 Å². The van der Waals surface area contributed by atoms with Crippen LogP contribution in [0, 0.1) is 0 Å². The van der Waals surface area contributed by atoms with Crippen molar-refractivity contribution in [1.82, 2.24) is 5.43 Å². The number of anilines is 1. The smallest absolute Gasteiger partial charge is 0.341 e. The van der Waals surface area contributed by atoms with E-state index in [0.717, 1.165) is 48.1 Å². The van der Waals surface area contributed by atoms with E-state index >= 15 is 0 Å². The van der Waals surface area contributed by atoms with Crippen molar-refractivity contribution in [2.75, 3.05) is 11.9 Å². The van der Waals surface area contributed by atoms with Crippen LogP contribution in [0.25, 0.3) is 0 Å². The van der Waals surface area contributed by atoms with Crippen LogP contribution in [-0.4, -0.2) is 30.6 Å². The molecule has 0 aliphatic heterocycles. The lowest BCUT2D eigenvalue weighted by Crippen LogP contribution is -2.32. The quantitative estimate of drug-likeness (QED) is 0.108. The fourth-order valence-corrected chi connectivity index (χ4v) is 5.81. The molecule has 0 unspecified atom stereocenters.